The van der Waals surface area contributed by atoms with E-state index in [-0.39, 0.29) is 24.0 Å². The summed E-state index contributed by atoms with van der Waals surface area (Å²) in [6.45, 7) is 4.99. The first-order valence-corrected chi connectivity index (χ1v) is 8.38. The number of pyridine rings is 1. The van der Waals surface area contributed by atoms with Crippen LogP contribution in [0.2, 0.25) is 0 Å². The second kappa shape index (κ2) is 13.4. The van der Waals surface area contributed by atoms with Crippen LogP contribution in [0.25, 0.3) is 0 Å². The fraction of sp³-hybridized carbons (Fsp3) is 0.647. The number of hydrogen-bond acceptors (Lipinski definition) is 4. The first kappa shape index (κ1) is 21.1. The molecule has 1 aromatic heterocycles. The minimum atomic E-state index is 0. The Labute approximate surface area is 161 Å². The zero-order chi connectivity index (χ0) is 16.2. The van der Waals surface area contributed by atoms with E-state index in [4.69, 9.17) is 9.47 Å². The van der Waals surface area contributed by atoms with Gasteiger partial charge in [0.15, 0.2) is 5.96 Å². The smallest absolute Gasteiger partial charge is 0.190 e. The molecule has 2 rings (SSSR count). The molecule has 0 radical (unpaired) electrons. The summed E-state index contributed by atoms with van der Waals surface area (Å²) in [7, 11) is 1.78. The molecule has 136 valence electrons. The minimum absolute atomic E-state index is 0. The highest BCUT2D eigenvalue weighted by Gasteiger charge is 2.15. The van der Waals surface area contributed by atoms with Gasteiger partial charge in [0.1, 0.15) is 0 Å². The molecular formula is C17H29IN4O2. The summed E-state index contributed by atoms with van der Waals surface area (Å²) in [5, 5.41) is 6.59. The van der Waals surface area contributed by atoms with Gasteiger partial charge >= 0.3 is 0 Å². The minimum Gasteiger partial charge on any atom is -0.381 e. The summed E-state index contributed by atoms with van der Waals surface area (Å²) in [6.07, 6.45) is 4.80. The SMILES string of the molecule is CN=C(NCCCOCC1CCOC1)NCCc1ccccn1.I. The van der Waals surface area contributed by atoms with Crippen molar-refractivity contribution in [1.82, 2.24) is 15.6 Å². The quantitative estimate of drug-likeness (QED) is 0.261. The van der Waals surface area contributed by atoms with Gasteiger partial charge in [-0.25, -0.2) is 0 Å². The van der Waals surface area contributed by atoms with Crippen LogP contribution in [0.4, 0.5) is 0 Å². The van der Waals surface area contributed by atoms with Crippen LogP contribution >= 0.6 is 24.0 Å². The third-order valence-electron chi connectivity index (χ3n) is 3.76. The number of ether oxygens (including phenoxy) is 2. The molecule has 2 heterocycles. The van der Waals surface area contributed by atoms with E-state index in [0.29, 0.717) is 5.92 Å². The van der Waals surface area contributed by atoms with Gasteiger partial charge in [0.25, 0.3) is 0 Å². The topological polar surface area (TPSA) is 67.8 Å². The van der Waals surface area contributed by atoms with Gasteiger partial charge in [-0.15, -0.1) is 24.0 Å². The van der Waals surface area contributed by atoms with E-state index >= 15 is 0 Å². The zero-order valence-corrected chi connectivity index (χ0v) is 16.7. The fourth-order valence-corrected chi connectivity index (χ4v) is 2.42. The Morgan fingerprint density at radius 3 is 2.96 bits per heavy atom. The van der Waals surface area contributed by atoms with Gasteiger partial charge in [-0.05, 0) is 25.0 Å². The van der Waals surface area contributed by atoms with Gasteiger partial charge in [-0.2, -0.15) is 0 Å². The van der Waals surface area contributed by atoms with Gasteiger partial charge in [0.05, 0.1) is 13.2 Å². The van der Waals surface area contributed by atoms with Gasteiger partial charge in [0, 0.05) is 57.6 Å². The lowest BCUT2D eigenvalue weighted by atomic mass is 10.1. The molecule has 0 spiro atoms. The molecule has 1 unspecified atom stereocenters. The summed E-state index contributed by atoms with van der Waals surface area (Å²) >= 11 is 0. The van der Waals surface area contributed by atoms with Crippen molar-refractivity contribution in [3.05, 3.63) is 30.1 Å². The van der Waals surface area contributed by atoms with E-state index in [1.807, 2.05) is 24.4 Å². The number of nitrogens with zero attached hydrogens (tertiary/aromatic N) is 2. The lowest BCUT2D eigenvalue weighted by Gasteiger charge is -2.12. The molecule has 1 aliphatic heterocycles. The Kier molecular flexibility index (Phi) is 11.8. The van der Waals surface area contributed by atoms with E-state index in [1.165, 1.54) is 0 Å². The van der Waals surface area contributed by atoms with Gasteiger partial charge < -0.3 is 20.1 Å². The molecule has 1 saturated heterocycles. The van der Waals surface area contributed by atoms with Gasteiger partial charge in [0.2, 0.25) is 0 Å². The Balaban J connectivity index is 0.00000288. The maximum absolute atomic E-state index is 5.68. The molecule has 1 aliphatic rings. The van der Waals surface area contributed by atoms with Crippen LogP contribution in [0.15, 0.2) is 29.4 Å². The van der Waals surface area contributed by atoms with Crippen molar-refractivity contribution in [3.8, 4) is 0 Å². The second-order valence-electron chi connectivity index (χ2n) is 5.65. The van der Waals surface area contributed by atoms with Crippen LogP contribution in [0.3, 0.4) is 0 Å². The largest absolute Gasteiger partial charge is 0.381 e. The van der Waals surface area contributed by atoms with Crippen LogP contribution in [0, 0.1) is 5.92 Å². The number of aromatic nitrogens is 1. The number of guanidine groups is 1. The van der Waals surface area contributed by atoms with Gasteiger partial charge in [-0.1, -0.05) is 6.07 Å². The van der Waals surface area contributed by atoms with Crippen molar-refractivity contribution >= 4 is 29.9 Å². The van der Waals surface area contributed by atoms with Crippen molar-refractivity contribution in [2.75, 3.05) is 46.6 Å². The van der Waals surface area contributed by atoms with Gasteiger partial charge in [-0.3, -0.25) is 9.98 Å². The molecule has 6 nitrogen and oxygen atoms in total. The number of aliphatic imine (C=N–C) groups is 1. The van der Waals surface area contributed by atoms with Crippen molar-refractivity contribution < 1.29 is 9.47 Å². The molecule has 0 aliphatic carbocycles. The van der Waals surface area contributed by atoms with Crippen LogP contribution in [0.5, 0.6) is 0 Å². The second-order valence-corrected chi connectivity index (χ2v) is 5.65. The molecule has 1 atom stereocenters. The van der Waals surface area contributed by atoms with Crippen molar-refractivity contribution in [2.24, 2.45) is 10.9 Å². The molecule has 24 heavy (non-hydrogen) atoms. The molecule has 0 aromatic carbocycles. The molecule has 1 aromatic rings. The lowest BCUT2D eigenvalue weighted by Crippen LogP contribution is -2.39. The van der Waals surface area contributed by atoms with E-state index in [2.05, 4.69) is 20.6 Å². The summed E-state index contributed by atoms with van der Waals surface area (Å²) < 4.78 is 11.0. The summed E-state index contributed by atoms with van der Waals surface area (Å²) in [5.41, 5.74) is 1.08. The molecule has 7 heteroatoms. The summed E-state index contributed by atoms with van der Waals surface area (Å²) in [5.74, 6) is 1.41. The normalized spacial score (nSPS) is 17.4. The van der Waals surface area contributed by atoms with Crippen LogP contribution in [-0.2, 0) is 15.9 Å². The Morgan fingerprint density at radius 1 is 1.38 bits per heavy atom. The number of halogens is 1. The Hall–Kier alpha value is -0.930. The van der Waals surface area contributed by atoms with E-state index in [9.17, 15) is 0 Å². The highest BCUT2D eigenvalue weighted by atomic mass is 127. The molecule has 0 saturated carbocycles. The summed E-state index contributed by atoms with van der Waals surface area (Å²) in [6, 6.07) is 5.97. The molecular weight excluding hydrogens is 419 g/mol. The van der Waals surface area contributed by atoms with Crippen LogP contribution in [-0.4, -0.2) is 57.5 Å². The third kappa shape index (κ3) is 8.79. The molecule has 0 amide bonds. The maximum atomic E-state index is 5.68. The van der Waals surface area contributed by atoms with E-state index in [0.717, 1.165) is 70.4 Å². The van der Waals surface area contributed by atoms with Crippen molar-refractivity contribution in [2.45, 2.75) is 19.3 Å². The van der Waals surface area contributed by atoms with Crippen LogP contribution < -0.4 is 10.6 Å². The molecule has 1 fully saturated rings. The fourth-order valence-electron chi connectivity index (χ4n) is 2.42. The van der Waals surface area contributed by atoms with Crippen molar-refractivity contribution in [3.63, 3.8) is 0 Å². The first-order valence-electron chi connectivity index (χ1n) is 8.38. The van der Waals surface area contributed by atoms with E-state index in [1.54, 1.807) is 7.05 Å². The monoisotopic (exact) mass is 448 g/mol. The number of hydrogen-bond donors (Lipinski definition) is 2. The average molecular weight is 448 g/mol. The number of rotatable bonds is 9. The zero-order valence-electron chi connectivity index (χ0n) is 14.4. The highest BCUT2D eigenvalue weighted by Crippen LogP contribution is 2.12. The Morgan fingerprint density at radius 2 is 2.25 bits per heavy atom. The van der Waals surface area contributed by atoms with Crippen LogP contribution in [0.1, 0.15) is 18.5 Å². The average Bonchev–Trinajstić information content (AvgIpc) is 3.10. The van der Waals surface area contributed by atoms with Crippen molar-refractivity contribution in [1.29, 1.82) is 0 Å². The first-order chi connectivity index (χ1) is 11.4. The summed E-state index contributed by atoms with van der Waals surface area (Å²) in [4.78, 5) is 8.52. The lowest BCUT2D eigenvalue weighted by molar-refractivity contribution is 0.0888. The molecule has 0 bridgehead atoms. The number of nitrogens with one attached hydrogen (secondary N) is 2. The maximum Gasteiger partial charge on any atom is 0.190 e. The third-order valence-corrected chi connectivity index (χ3v) is 3.76. The molecule has 2 N–H and O–H groups in total. The predicted octanol–water partition coefficient (Wildman–Crippen LogP) is 1.85. The Bertz CT molecular complexity index is 453. The van der Waals surface area contributed by atoms with E-state index < -0.39 is 0 Å². The highest BCUT2D eigenvalue weighted by molar-refractivity contribution is 14.0. The predicted molar refractivity (Wildman–Crippen MR) is 107 cm³/mol. The standard InChI is InChI=1S/C17H28N4O2.HI/c1-18-17(21-10-6-16-5-2-3-8-19-16)20-9-4-11-22-13-15-7-12-23-14-15;/h2-3,5,8,15H,4,6-7,9-14H2,1H3,(H2,18,20,21);1H.